The summed E-state index contributed by atoms with van der Waals surface area (Å²) in [4.78, 5) is 0. The lowest BCUT2D eigenvalue weighted by atomic mass is 9.81. The van der Waals surface area contributed by atoms with Crippen molar-refractivity contribution >= 4 is 5.57 Å². The molecule has 0 radical (unpaired) electrons. The molecule has 3 rings (SSSR count). The van der Waals surface area contributed by atoms with Crippen molar-refractivity contribution in [3.05, 3.63) is 52.3 Å². The lowest BCUT2D eigenvalue weighted by Crippen LogP contribution is -2.28. The molecule has 1 aliphatic carbocycles. The van der Waals surface area contributed by atoms with Crippen molar-refractivity contribution in [1.82, 2.24) is 0 Å². The van der Waals surface area contributed by atoms with Crippen LogP contribution in [0.2, 0.25) is 0 Å². The maximum absolute atomic E-state index is 6.38. The minimum Gasteiger partial charge on any atom is -0.483 e. The molecule has 2 aliphatic rings. The van der Waals surface area contributed by atoms with Crippen molar-refractivity contribution in [1.29, 1.82) is 0 Å². The summed E-state index contributed by atoms with van der Waals surface area (Å²) in [6.07, 6.45) is 9.81. The molecule has 0 spiro atoms. The number of unbranched alkanes of at least 4 members (excludes halogenated alkanes) is 2. The maximum Gasteiger partial charge on any atom is 0.129 e. The van der Waals surface area contributed by atoms with Gasteiger partial charge >= 0.3 is 0 Å². The molecule has 1 nitrogen and oxygen atoms in total. The van der Waals surface area contributed by atoms with Gasteiger partial charge in [-0.2, -0.15) is 0 Å². The Hall–Kier alpha value is -1.50. The lowest BCUT2D eigenvalue weighted by Gasteiger charge is -2.37. The highest BCUT2D eigenvalue weighted by Gasteiger charge is 2.34. The Balaban J connectivity index is 1.95. The van der Waals surface area contributed by atoms with Gasteiger partial charge < -0.3 is 4.74 Å². The van der Waals surface area contributed by atoms with Crippen LogP contribution in [0.15, 0.2) is 35.6 Å². The van der Waals surface area contributed by atoms with Gasteiger partial charge in [-0.1, -0.05) is 49.1 Å². The highest BCUT2D eigenvalue weighted by Crippen LogP contribution is 2.45. The van der Waals surface area contributed by atoms with E-state index in [1.807, 2.05) is 0 Å². The van der Waals surface area contributed by atoms with Crippen LogP contribution in [0.1, 0.15) is 76.0 Å². The summed E-state index contributed by atoms with van der Waals surface area (Å²) in [5.41, 5.74) is 6.83. The molecule has 1 aliphatic heterocycles. The highest BCUT2D eigenvalue weighted by molar-refractivity contribution is 5.76. The Labute approximate surface area is 135 Å². The van der Waals surface area contributed by atoms with Gasteiger partial charge in [-0.3, -0.25) is 0 Å². The molecular weight excluding hydrogens is 268 g/mol. The van der Waals surface area contributed by atoms with Crippen molar-refractivity contribution in [3.63, 3.8) is 0 Å². The van der Waals surface area contributed by atoms with Gasteiger partial charge in [0.05, 0.1) is 0 Å². The zero-order valence-electron chi connectivity index (χ0n) is 14.5. The average Bonchev–Trinajstić information content (AvgIpc) is 2.46. The van der Waals surface area contributed by atoms with E-state index in [-0.39, 0.29) is 5.60 Å². The third kappa shape index (κ3) is 2.86. The average molecular weight is 296 g/mol. The number of ether oxygens (including phenoxy) is 1. The fraction of sp³-hybridized carbons (Fsp3) is 0.524. The minimum absolute atomic E-state index is 0.232. The minimum atomic E-state index is -0.232. The van der Waals surface area contributed by atoms with Crippen LogP contribution in [0.25, 0.3) is 5.57 Å². The zero-order valence-corrected chi connectivity index (χ0v) is 14.5. The molecule has 22 heavy (non-hydrogen) atoms. The number of allylic oxidation sites excluding steroid dienone is 3. The van der Waals surface area contributed by atoms with Gasteiger partial charge in [0.25, 0.3) is 0 Å². The summed E-state index contributed by atoms with van der Waals surface area (Å²) in [5, 5.41) is 0. The Kier molecular flexibility index (Phi) is 4.16. The van der Waals surface area contributed by atoms with Crippen molar-refractivity contribution in [2.24, 2.45) is 0 Å². The van der Waals surface area contributed by atoms with E-state index < -0.39 is 0 Å². The topological polar surface area (TPSA) is 9.23 Å². The summed E-state index contributed by atoms with van der Waals surface area (Å²) in [6, 6.07) is 6.78. The predicted molar refractivity (Wildman–Crippen MR) is 93.7 cm³/mol. The number of benzene rings is 1. The van der Waals surface area contributed by atoms with Crippen LogP contribution in [-0.2, 0) is 10.3 Å². The fourth-order valence-electron chi connectivity index (χ4n) is 3.67. The maximum atomic E-state index is 6.38. The zero-order chi connectivity index (χ0) is 15.7. The Bertz CT molecular complexity index is 631. The molecule has 0 N–H and O–H groups in total. The molecule has 0 aromatic heterocycles. The van der Waals surface area contributed by atoms with Gasteiger partial charge in [-0.25, -0.2) is 0 Å². The number of hydrogen-bond donors (Lipinski definition) is 0. The van der Waals surface area contributed by atoms with E-state index in [0.29, 0.717) is 0 Å². The molecule has 0 atom stereocenters. The molecule has 118 valence electrons. The molecule has 0 fully saturated rings. The van der Waals surface area contributed by atoms with E-state index in [0.717, 1.165) is 12.2 Å². The summed E-state index contributed by atoms with van der Waals surface area (Å²) < 4.78 is 6.38. The molecule has 0 bridgehead atoms. The van der Waals surface area contributed by atoms with Crippen LogP contribution in [0.5, 0.6) is 0 Å². The van der Waals surface area contributed by atoms with E-state index in [1.54, 1.807) is 5.57 Å². The van der Waals surface area contributed by atoms with Gasteiger partial charge in [-0.15, -0.1) is 0 Å². The number of fused-ring (bicyclic) bond motifs is 2. The van der Waals surface area contributed by atoms with Crippen LogP contribution in [0, 0.1) is 6.92 Å². The molecule has 1 heterocycles. The normalized spacial score (nSPS) is 19.2. The van der Waals surface area contributed by atoms with Gasteiger partial charge in [0, 0.05) is 11.1 Å². The number of hydrogen-bond acceptors (Lipinski definition) is 1. The van der Waals surface area contributed by atoms with Gasteiger partial charge in [0.2, 0.25) is 0 Å². The molecular formula is C21H28O. The molecule has 1 heteroatoms. The quantitative estimate of drug-likeness (QED) is 0.595. The lowest BCUT2D eigenvalue weighted by molar-refractivity contribution is 0.0346. The molecule has 0 amide bonds. The monoisotopic (exact) mass is 296 g/mol. The standard InChI is InChI=1S/C21H28O/c1-5-6-7-8-16-10-11-17-18-13-15(2)9-12-19(18)21(3,4)22-20(17)14-16/h9,12-14H,5-8,10-11H2,1-4H3. The highest BCUT2D eigenvalue weighted by atomic mass is 16.5. The second-order valence-corrected chi connectivity index (χ2v) is 7.26. The van der Waals surface area contributed by atoms with Gasteiger partial charge in [0.1, 0.15) is 11.4 Å². The summed E-state index contributed by atoms with van der Waals surface area (Å²) in [7, 11) is 0. The summed E-state index contributed by atoms with van der Waals surface area (Å²) in [6.45, 7) is 8.81. The largest absolute Gasteiger partial charge is 0.483 e. The van der Waals surface area contributed by atoms with Crippen molar-refractivity contribution in [2.45, 2.75) is 71.8 Å². The Morgan fingerprint density at radius 2 is 1.95 bits per heavy atom. The first kappa shape index (κ1) is 15.4. The SMILES string of the molecule is CCCCCC1=CC2=C(CC1)c1cc(C)ccc1C(C)(C)O2. The smallest absolute Gasteiger partial charge is 0.129 e. The van der Waals surface area contributed by atoms with E-state index in [1.165, 1.54) is 54.4 Å². The molecule has 1 aromatic carbocycles. The van der Waals surface area contributed by atoms with Crippen molar-refractivity contribution in [2.75, 3.05) is 0 Å². The van der Waals surface area contributed by atoms with Crippen LogP contribution in [0.3, 0.4) is 0 Å². The van der Waals surface area contributed by atoms with Crippen LogP contribution >= 0.6 is 0 Å². The molecule has 0 unspecified atom stereocenters. The van der Waals surface area contributed by atoms with E-state index in [9.17, 15) is 0 Å². The number of rotatable bonds is 4. The van der Waals surface area contributed by atoms with Crippen LogP contribution < -0.4 is 0 Å². The number of aryl methyl sites for hydroxylation is 1. The van der Waals surface area contributed by atoms with Crippen LogP contribution in [0.4, 0.5) is 0 Å². The second-order valence-electron chi connectivity index (χ2n) is 7.26. The Morgan fingerprint density at radius 3 is 2.73 bits per heavy atom. The third-order valence-corrected chi connectivity index (χ3v) is 4.94. The van der Waals surface area contributed by atoms with E-state index >= 15 is 0 Å². The summed E-state index contributed by atoms with van der Waals surface area (Å²) >= 11 is 0. The van der Waals surface area contributed by atoms with E-state index in [2.05, 4.69) is 52.0 Å². The first-order valence-corrected chi connectivity index (χ1v) is 8.74. The molecule has 0 saturated carbocycles. The first-order valence-electron chi connectivity index (χ1n) is 8.74. The van der Waals surface area contributed by atoms with Gasteiger partial charge in [0.15, 0.2) is 0 Å². The first-order chi connectivity index (χ1) is 10.5. The predicted octanol–water partition coefficient (Wildman–Crippen LogP) is 6.27. The molecule has 0 saturated heterocycles. The third-order valence-electron chi connectivity index (χ3n) is 4.94. The second kappa shape index (κ2) is 5.95. The fourth-order valence-corrected chi connectivity index (χ4v) is 3.67. The van der Waals surface area contributed by atoms with E-state index in [4.69, 9.17) is 4.74 Å². The van der Waals surface area contributed by atoms with Crippen molar-refractivity contribution < 1.29 is 4.74 Å². The molecule has 1 aromatic rings. The summed E-state index contributed by atoms with van der Waals surface area (Å²) in [5.74, 6) is 1.13. The van der Waals surface area contributed by atoms with Gasteiger partial charge in [-0.05, 0) is 58.1 Å². The van der Waals surface area contributed by atoms with Crippen LogP contribution in [-0.4, -0.2) is 0 Å². The Morgan fingerprint density at radius 1 is 1.14 bits per heavy atom. The van der Waals surface area contributed by atoms with Crippen molar-refractivity contribution in [3.8, 4) is 0 Å².